The normalized spacial score (nSPS) is 19.6. The number of carbonyl (C=O) groups excluding carboxylic acids is 1. The minimum Gasteiger partial charge on any atom is -0.497 e. The van der Waals surface area contributed by atoms with Crippen LogP contribution in [0.2, 0.25) is 0 Å². The van der Waals surface area contributed by atoms with E-state index in [0.29, 0.717) is 29.9 Å². The van der Waals surface area contributed by atoms with E-state index < -0.39 is 28.9 Å². The van der Waals surface area contributed by atoms with Gasteiger partial charge in [-0.1, -0.05) is 42.5 Å². The van der Waals surface area contributed by atoms with Gasteiger partial charge >= 0.3 is 5.97 Å². The van der Waals surface area contributed by atoms with Gasteiger partial charge in [0.25, 0.3) is 0 Å². The lowest BCUT2D eigenvalue weighted by Gasteiger charge is -2.30. The molecule has 2 aromatic carbocycles. The van der Waals surface area contributed by atoms with Crippen LogP contribution in [-0.2, 0) is 9.53 Å². The van der Waals surface area contributed by atoms with Gasteiger partial charge in [0.15, 0.2) is 5.54 Å². The minimum atomic E-state index is -1.33. The second-order valence-electron chi connectivity index (χ2n) is 6.68. The maximum Gasteiger partial charge on any atom is 0.334 e. The highest BCUT2D eigenvalue weighted by Crippen LogP contribution is 2.42. The van der Waals surface area contributed by atoms with Crippen LogP contribution in [0.3, 0.4) is 0 Å². The summed E-state index contributed by atoms with van der Waals surface area (Å²) >= 11 is 0. The molecule has 0 fully saturated rings. The zero-order chi connectivity index (χ0) is 20.1. The smallest absolute Gasteiger partial charge is 0.334 e. The summed E-state index contributed by atoms with van der Waals surface area (Å²) in [5.74, 6) is -0.596. The quantitative estimate of drug-likeness (QED) is 0.416. The molecule has 0 aromatic heterocycles. The first kappa shape index (κ1) is 19.5. The highest BCUT2D eigenvalue weighted by molar-refractivity contribution is 6.05. The zero-order valence-corrected chi connectivity index (χ0v) is 15.8. The Morgan fingerprint density at radius 3 is 2.61 bits per heavy atom. The minimum absolute atomic E-state index is 0.347. The second kappa shape index (κ2) is 8.21. The molecule has 0 unspecified atom stereocenters. The fourth-order valence-electron chi connectivity index (χ4n) is 3.76. The van der Waals surface area contributed by atoms with Crippen LogP contribution < -0.4 is 4.74 Å². The molecule has 0 saturated carbocycles. The van der Waals surface area contributed by atoms with E-state index in [1.165, 1.54) is 7.11 Å². The maximum atomic E-state index is 12.9. The summed E-state index contributed by atoms with van der Waals surface area (Å²) in [6.07, 6.45) is 0.864. The summed E-state index contributed by atoms with van der Waals surface area (Å²) in [6.45, 7) is -0.409. The van der Waals surface area contributed by atoms with Crippen molar-refractivity contribution in [2.24, 2.45) is 4.99 Å². The third-order valence-electron chi connectivity index (χ3n) is 5.13. The third kappa shape index (κ3) is 3.74. The Kier molecular flexibility index (Phi) is 5.73. The Balaban J connectivity index is 2.10. The van der Waals surface area contributed by atoms with Gasteiger partial charge in [0.05, 0.1) is 20.1 Å². The van der Waals surface area contributed by atoms with Gasteiger partial charge in [0.1, 0.15) is 5.75 Å². The molecule has 0 amide bonds. The van der Waals surface area contributed by atoms with Crippen molar-refractivity contribution >= 4 is 11.7 Å². The maximum absolute atomic E-state index is 12.9. The van der Waals surface area contributed by atoms with Crippen molar-refractivity contribution in [2.45, 2.75) is 24.3 Å². The van der Waals surface area contributed by atoms with E-state index in [1.807, 2.05) is 30.3 Å². The molecule has 2 atom stereocenters. The van der Waals surface area contributed by atoms with Crippen molar-refractivity contribution in [2.75, 3.05) is 20.8 Å². The number of ether oxygens (including phenoxy) is 2. The first-order valence-corrected chi connectivity index (χ1v) is 8.98. The largest absolute Gasteiger partial charge is 0.497 e. The molecule has 0 radical (unpaired) electrons. The van der Waals surface area contributed by atoms with Crippen LogP contribution in [0.5, 0.6) is 5.75 Å². The number of nitro groups is 1. The van der Waals surface area contributed by atoms with Gasteiger partial charge in [-0.25, -0.2) is 4.79 Å². The van der Waals surface area contributed by atoms with Crippen LogP contribution in [0.4, 0.5) is 0 Å². The van der Waals surface area contributed by atoms with E-state index in [2.05, 4.69) is 0 Å². The second-order valence-corrected chi connectivity index (χ2v) is 6.68. The first-order valence-electron chi connectivity index (χ1n) is 8.98. The van der Waals surface area contributed by atoms with Gasteiger partial charge in [-0.3, -0.25) is 15.1 Å². The molecule has 0 spiro atoms. The molecule has 1 aliphatic rings. The zero-order valence-electron chi connectivity index (χ0n) is 15.8. The van der Waals surface area contributed by atoms with Gasteiger partial charge in [0, 0.05) is 10.6 Å². The van der Waals surface area contributed by atoms with Crippen molar-refractivity contribution in [1.29, 1.82) is 0 Å². The van der Waals surface area contributed by atoms with Gasteiger partial charge in [0.2, 0.25) is 6.54 Å². The molecule has 0 saturated heterocycles. The fourth-order valence-corrected chi connectivity index (χ4v) is 3.76. The Morgan fingerprint density at radius 1 is 1.21 bits per heavy atom. The fraction of sp³-hybridized carbons (Fsp3) is 0.333. The predicted octanol–water partition coefficient (Wildman–Crippen LogP) is 3.25. The molecular formula is C21H22N2O5. The Bertz CT molecular complexity index is 897. The van der Waals surface area contributed by atoms with Gasteiger partial charge < -0.3 is 9.47 Å². The number of hydrogen-bond donors (Lipinski definition) is 0. The molecule has 1 aliphatic heterocycles. The Morgan fingerprint density at radius 2 is 1.96 bits per heavy atom. The number of carbonyl (C=O) groups is 1. The lowest BCUT2D eigenvalue weighted by atomic mass is 9.77. The van der Waals surface area contributed by atoms with Crippen LogP contribution in [0.1, 0.15) is 29.9 Å². The van der Waals surface area contributed by atoms with E-state index in [-0.39, 0.29) is 0 Å². The van der Waals surface area contributed by atoms with Gasteiger partial charge in [-0.05, 0) is 36.1 Å². The van der Waals surface area contributed by atoms with Crippen LogP contribution in [-0.4, -0.2) is 42.9 Å². The van der Waals surface area contributed by atoms with Crippen LogP contribution in [0, 0.1) is 10.1 Å². The Labute approximate surface area is 163 Å². The van der Waals surface area contributed by atoms with Gasteiger partial charge in [-0.15, -0.1) is 0 Å². The predicted molar refractivity (Wildman–Crippen MR) is 105 cm³/mol. The van der Waals surface area contributed by atoms with E-state index in [9.17, 15) is 14.9 Å². The summed E-state index contributed by atoms with van der Waals surface area (Å²) in [5, 5.41) is 11.4. The molecule has 0 N–H and O–H groups in total. The highest BCUT2D eigenvalue weighted by Gasteiger charge is 2.52. The summed E-state index contributed by atoms with van der Waals surface area (Å²) in [7, 11) is 2.87. The summed E-state index contributed by atoms with van der Waals surface area (Å²) in [4.78, 5) is 28.6. The van der Waals surface area contributed by atoms with Crippen LogP contribution in [0.25, 0.3) is 0 Å². The molecule has 0 aliphatic carbocycles. The van der Waals surface area contributed by atoms with Crippen LogP contribution in [0.15, 0.2) is 59.6 Å². The van der Waals surface area contributed by atoms with Gasteiger partial charge in [-0.2, -0.15) is 0 Å². The van der Waals surface area contributed by atoms with E-state index in [0.717, 1.165) is 5.56 Å². The van der Waals surface area contributed by atoms with Crippen molar-refractivity contribution in [3.8, 4) is 5.75 Å². The van der Waals surface area contributed by atoms with Crippen molar-refractivity contribution in [1.82, 2.24) is 0 Å². The van der Waals surface area contributed by atoms with Crippen molar-refractivity contribution in [3.05, 3.63) is 75.8 Å². The Hall–Kier alpha value is -3.22. The lowest BCUT2D eigenvalue weighted by Crippen LogP contribution is -2.44. The molecule has 146 valence electrons. The molecule has 2 aromatic rings. The van der Waals surface area contributed by atoms with Crippen molar-refractivity contribution in [3.63, 3.8) is 0 Å². The number of esters is 1. The number of rotatable bonds is 7. The third-order valence-corrected chi connectivity index (χ3v) is 5.13. The average Bonchev–Trinajstić information content (AvgIpc) is 3.18. The number of hydrogen-bond acceptors (Lipinski definition) is 6. The number of benzene rings is 2. The standard InChI is InChI=1S/C21H22N2O5/c1-27-17-10-6-9-16(13-17)19-11-12-21(22-19,20(24)28-2)18(14-23(25)26)15-7-4-3-5-8-15/h3-10,13,18H,11-12,14H2,1-2H3/t18-,21-/m0/s1. The van der Waals surface area contributed by atoms with E-state index in [4.69, 9.17) is 14.5 Å². The summed E-state index contributed by atoms with van der Waals surface area (Å²) < 4.78 is 10.3. The lowest BCUT2D eigenvalue weighted by molar-refractivity contribution is -0.484. The highest BCUT2D eigenvalue weighted by atomic mass is 16.6. The first-order chi connectivity index (χ1) is 13.5. The molecule has 3 rings (SSSR count). The van der Waals surface area contributed by atoms with Crippen LogP contribution >= 0.6 is 0 Å². The molecule has 1 heterocycles. The molecule has 7 heteroatoms. The molecular weight excluding hydrogens is 360 g/mol. The molecule has 7 nitrogen and oxygen atoms in total. The number of aliphatic imine (C=N–C) groups is 1. The summed E-state index contributed by atoms with van der Waals surface area (Å²) in [5.41, 5.74) is 0.911. The SMILES string of the molecule is COC(=O)[C@@]1([C@@H](C[N+](=O)[O-])c2ccccc2)CCC(c2cccc(OC)c2)=N1. The molecule has 0 bridgehead atoms. The monoisotopic (exact) mass is 382 g/mol. The summed E-state index contributed by atoms with van der Waals surface area (Å²) in [6, 6.07) is 16.4. The topological polar surface area (TPSA) is 91.0 Å². The molecule has 28 heavy (non-hydrogen) atoms. The number of methoxy groups -OCH3 is 2. The van der Waals surface area contributed by atoms with E-state index in [1.54, 1.807) is 31.4 Å². The van der Waals surface area contributed by atoms with E-state index >= 15 is 0 Å². The number of nitrogens with zero attached hydrogens (tertiary/aromatic N) is 2. The average molecular weight is 382 g/mol. The van der Waals surface area contributed by atoms with Crippen molar-refractivity contribution < 1.29 is 19.2 Å².